The first-order chi connectivity index (χ1) is 6.09. The van der Waals surface area contributed by atoms with E-state index in [4.69, 9.17) is 9.47 Å². The van der Waals surface area contributed by atoms with Crippen molar-refractivity contribution in [3.8, 4) is 0 Å². The molecule has 1 aliphatic heterocycles. The lowest BCUT2D eigenvalue weighted by Crippen LogP contribution is -2.45. The Hall–Kier alpha value is -0.0800. The SMILES string of the molecule is CCCC1OC(C)(C)OCC1CC. The quantitative estimate of drug-likeness (QED) is 0.674. The summed E-state index contributed by atoms with van der Waals surface area (Å²) in [6, 6.07) is 0. The van der Waals surface area contributed by atoms with Gasteiger partial charge in [0.15, 0.2) is 5.79 Å². The van der Waals surface area contributed by atoms with Crippen molar-refractivity contribution >= 4 is 0 Å². The molecule has 0 amide bonds. The number of ether oxygens (including phenoxy) is 2. The molecule has 0 spiro atoms. The molecule has 13 heavy (non-hydrogen) atoms. The monoisotopic (exact) mass is 186 g/mol. The summed E-state index contributed by atoms with van der Waals surface area (Å²) in [4.78, 5) is 0. The standard InChI is InChI=1S/C11H22O2/c1-5-7-10-9(6-2)8-12-11(3,4)13-10/h9-10H,5-8H2,1-4H3. The highest BCUT2D eigenvalue weighted by Crippen LogP contribution is 2.30. The van der Waals surface area contributed by atoms with Gasteiger partial charge in [-0.25, -0.2) is 0 Å². The average Bonchev–Trinajstić information content (AvgIpc) is 2.04. The number of hydrogen-bond donors (Lipinski definition) is 0. The van der Waals surface area contributed by atoms with E-state index >= 15 is 0 Å². The molecule has 1 fully saturated rings. The minimum Gasteiger partial charge on any atom is -0.350 e. The van der Waals surface area contributed by atoms with Gasteiger partial charge in [-0.2, -0.15) is 0 Å². The zero-order valence-corrected chi connectivity index (χ0v) is 9.30. The van der Waals surface area contributed by atoms with Gasteiger partial charge in [0.25, 0.3) is 0 Å². The summed E-state index contributed by atoms with van der Waals surface area (Å²) in [7, 11) is 0. The molecule has 2 heteroatoms. The van der Waals surface area contributed by atoms with Gasteiger partial charge in [-0.05, 0) is 26.7 Å². The van der Waals surface area contributed by atoms with Crippen molar-refractivity contribution in [2.45, 2.75) is 58.8 Å². The van der Waals surface area contributed by atoms with Crippen LogP contribution in [-0.4, -0.2) is 18.5 Å². The third-order valence-corrected chi connectivity index (χ3v) is 2.70. The second-order valence-corrected chi connectivity index (χ2v) is 4.32. The van der Waals surface area contributed by atoms with Gasteiger partial charge in [-0.3, -0.25) is 0 Å². The summed E-state index contributed by atoms with van der Waals surface area (Å²) in [6.45, 7) is 9.27. The molecular weight excluding hydrogens is 164 g/mol. The van der Waals surface area contributed by atoms with E-state index in [1.165, 1.54) is 6.42 Å². The zero-order chi connectivity index (χ0) is 9.90. The molecule has 0 aliphatic carbocycles. The van der Waals surface area contributed by atoms with Crippen molar-refractivity contribution in [2.75, 3.05) is 6.61 Å². The van der Waals surface area contributed by atoms with Crippen LogP contribution in [0, 0.1) is 5.92 Å². The van der Waals surface area contributed by atoms with Gasteiger partial charge < -0.3 is 9.47 Å². The van der Waals surface area contributed by atoms with E-state index in [2.05, 4.69) is 13.8 Å². The van der Waals surface area contributed by atoms with Crippen molar-refractivity contribution in [1.29, 1.82) is 0 Å². The van der Waals surface area contributed by atoms with E-state index in [1.54, 1.807) is 0 Å². The topological polar surface area (TPSA) is 18.5 Å². The third-order valence-electron chi connectivity index (χ3n) is 2.70. The third kappa shape index (κ3) is 2.96. The van der Waals surface area contributed by atoms with Crippen molar-refractivity contribution < 1.29 is 9.47 Å². The Bertz CT molecular complexity index is 154. The maximum absolute atomic E-state index is 5.90. The normalized spacial score (nSPS) is 33.2. The molecule has 0 saturated carbocycles. The molecule has 0 N–H and O–H groups in total. The Morgan fingerprint density at radius 2 is 2.00 bits per heavy atom. The van der Waals surface area contributed by atoms with E-state index in [1.807, 2.05) is 13.8 Å². The smallest absolute Gasteiger partial charge is 0.163 e. The Kier molecular flexibility index (Phi) is 3.74. The van der Waals surface area contributed by atoms with Crippen molar-refractivity contribution in [3.63, 3.8) is 0 Å². The number of hydrogen-bond acceptors (Lipinski definition) is 2. The minimum absolute atomic E-state index is 0.370. The van der Waals surface area contributed by atoms with E-state index < -0.39 is 0 Å². The maximum Gasteiger partial charge on any atom is 0.163 e. The van der Waals surface area contributed by atoms with Crippen LogP contribution in [0.5, 0.6) is 0 Å². The molecule has 1 heterocycles. The van der Waals surface area contributed by atoms with Crippen LogP contribution in [0.2, 0.25) is 0 Å². The van der Waals surface area contributed by atoms with Crippen molar-refractivity contribution in [2.24, 2.45) is 5.92 Å². The van der Waals surface area contributed by atoms with E-state index in [-0.39, 0.29) is 5.79 Å². The van der Waals surface area contributed by atoms with Gasteiger partial charge in [-0.1, -0.05) is 20.3 Å². The molecule has 78 valence electrons. The van der Waals surface area contributed by atoms with E-state index in [0.717, 1.165) is 19.4 Å². The first-order valence-electron chi connectivity index (χ1n) is 5.40. The fourth-order valence-corrected chi connectivity index (χ4v) is 1.87. The Morgan fingerprint density at radius 3 is 2.54 bits per heavy atom. The Morgan fingerprint density at radius 1 is 1.31 bits per heavy atom. The molecule has 0 aromatic heterocycles. The molecule has 1 saturated heterocycles. The van der Waals surface area contributed by atoms with Crippen LogP contribution in [0.3, 0.4) is 0 Å². The van der Waals surface area contributed by atoms with Crippen molar-refractivity contribution in [1.82, 2.24) is 0 Å². The van der Waals surface area contributed by atoms with Crippen LogP contribution < -0.4 is 0 Å². The van der Waals surface area contributed by atoms with Crippen LogP contribution in [0.15, 0.2) is 0 Å². The molecule has 0 radical (unpaired) electrons. The van der Waals surface area contributed by atoms with Crippen LogP contribution >= 0.6 is 0 Å². The van der Waals surface area contributed by atoms with Crippen LogP contribution in [-0.2, 0) is 9.47 Å². The Labute approximate surface area is 81.6 Å². The molecule has 0 aromatic carbocycles. The molecule has 0 aromatic rings. The molecule has 2 atom stereocenters. The van der Waals surface area contributed by atoms with Crippen LogP contribution in [0.25, 0.3) is 0 Å². The molecular formula is C11H22O2. The fourth-order valence-electron chi connectivity index (χ4n) is 1.87. The van der Waals surface area contributed by atoms with Gasteiger partial charge in [-0.15, -0.1) is 0 Å². The molecule has 1 aliphatic rings. The van der Waals surface area contributed by atoms with E-state index in [0.29, 0.717) is 12.0 Å². The lowest BCUT2D eigenvalue weighted by atomic mass is 9.95. The predicted octanol–water partition coefficient (Wildman–Crippen LogP) is 2.96. The maximum atomic E-state index is 5.90. The highest BCUT2D eigenvalue weighted by atomic mass is 16.7. The second-order valence-electron chi connectivity index (χ2n) is 4.32. The molecule has 2 nitrogen and oxygen atoms in total. The van der Waals surface area contributed by atoms with Gasteiger partial charge in [0.1, 0.15) is 0 Å². The first kappa shape index (κ1) is 11.0. The zero-order valence-electron chi connectivity index (χ0n) is 9.30. The average molecular weight is 186 g/mol. The van der Waals surface area contributed by atoms with Gasteiger partial charge in [0, 0.05) is 5.92 Å². The van der Waals surface area contributed by atoms with Crippen LogP contribution in [0.4, 0.5) is 0 Å². The molecule has 1 rings (SSSR count). The van der Waals surface area contributed by atoms with Gasteiger partial charge in [0.05, 0.1) is 12.7 Å². The molecule has 0 bridgehead atoms. The van der Waals surface area contributed by atoms with Gasteiger partial charge in [0.2, 0.25) is 0 Å². The lowest BCUT2D eigenvalue weighted by Gasteiger charge is -2.41. The lowest BCUT2D eigenvalue weighted by molar-refractivity contribution is -0.294. The summed E-state index contributed by atoms with van der Waals surface area (Å²) in [5.41, 5.74) is 0. The fraction of sp³-hybridized carbons (Fsp3) is 1.00. The summed E-state index contributed by atoms with van der Waals surface area (Å²) >= 11 is 0. The summed E-state index contributed by atoms with van der Waals surface area (Å²) in [5.74, 6) is 0.221. The summed E-state index contributed by atoms with van der Waals surface area (Å²) in [6.07, 6.45) is 3.90. The summed E-state index contributed by atoms with van der Waals surface area (Å²) < 4.78 is 11.5. The predicted molar refractivity (Wildman–Crippen MR) is 53.6 cm³/mol. The Balaban J connectivity index is 2.52. The van der Waals surface area contributed by atoms with E-state index in [9.17, 15) is 0 Å². The highest BCUT2D eigenvalue weighted by molar-refractivity contribution is 4.76. The second kappa shape index (κ2) is 4.43. The molecule has 2 unspecified atom stereocenters. The van der Waals surface area contributed by atoms with Gasteiger partial charge >= 0.3 is 0 Å². The first-order valence-corrected chi connectivity index (χ1v) is 5.40. The van der Waals surface area contributed by atoms with Crippen molar-refractivity contribution in [3.05, 3.63) is 0 Å². The number of rotatable bonds is 3. The highest BCUT2D eigenvalue weighted by Gasteiger charge is 2.34. The van der Waals surface area contributed by atoms with Crippen LogP contribution in [0.1, 0.15) is 47.0 Å². The minimum atomic E-state index is -0.370. The largest absolute Gasteiger partial charge is 0.350 e. The summed E-state index contributed by atoms with van der Waals surface area (Å²) in [5, 5.41) is 0.